The molecule has 0 amide bonds. The molecule has 1 nitrogen and oxygen atoms in total. The van der Waals surface area contributed by atoms with Crippen molar-refractivity contribution in [1.82, 2.24) is 0 Å². The van der Waals surface area contributed by atoms with Gasteiger partial charge in [-0.25, -0.2) is 0 Å². The SMILES string of the molecule is Cc1cc(I)ccc1NC(c1cccs1)C(C)C. The predicted molar refractivity (Wildman–Crippen MR) is 89.4 cm³/mol. The number of rotatable bonds is 4. The second-order valence-electron chi connectivity index (χ2n) is 4.84. The molecule has 1 heterocycles. The zero-order valence-electron chi connectivity index (χ0n) is 10.9. The monoisotopic (exact) mass is 371 g/mol. The second-order valence-corrected chi connectivity index (χ2v) is 7.07. The molecule has 1 aromatic heterocycles. The van der Waals surface area contributed by atoms with Crippen molar-refractivity contribution in [3.05, 3.63) is 49.7 Å². The van der Waals surface area contributed by atoms with Crippen molar-refractivity contribution in [1.29, 1.82) is 0 Å². The van der Waals surface area contributed by atoms with Crippen LogP contribution in [0.5, 0.6) is 0 Å². The third-order valence-electron chi connectivity index (χ3n) is 3.02. The molecule has 0 aliphatic heterocycles. The smallest absolute Gasteiger partial charge is 0.0629 e. The molecule has 1 N–H and O–H groups in total. The van der Waals surface area contributed by atoms with Crippen molar-refractivity contribution in [3.63, 3.8) is 0 Å². The van der Waals surface area contributed by atoms with Gasteiger partial charge in [0.2, 0.25) is 0 Å². The van der Waals surface area contributed by atoms with E-state index >= 15 is 0 Å². The molecule has 3 heteroatoms. The quantitative estimate of drug-likeness (QED) is 0.703. The molecule has 0 saturated heterocycles. The molecule has 1 aromatic carbocycles. The molecule has 1 unspecified atom stereocenters. The van der Waals surface area contributed by atoms with E-state index in [1.807, 2.05) is 11.3 Å². The van der Waals surface area contributed by atoms with Crippen molar-refractivity contribution in [2.24, 2.45) is 5.92 Å². The maximum Gasteiger partial charge on any atom is 0.0629 e. The van der Waals surface area contributed by atoms with Crippen LogP contribution < -0.4 is 5.32 Å². The highest BCUT2D eigenvalue weighted by atomic mass is 127. The van der Waals surface area contributed by atoms with Gasteiger partial charge < -0.3 is 5.32 Å². The number of halogens is 1. The van der Waals surface area contributed by atoms with Crippen LogP contribution in [0.15, 0.2) is 35.7 Å². The van der Waals surface area contributed by atoms with E-state index in [0.29, 0.717) is 12.0 Å². The summed E-state index contributed by atoms with van der Waals surface area (Å²) in [5, 5.41) is 5.83. The first-order valence-electron chi connectivity index (χ1n) is 6.14. The summed E-state index contributed by atoms with van der Waals surface area (Å²) in [7, 11) is 0. The fourth-order valence-electron chi connectivity index (χ4n) is 1.99. The number of hydrogen-bond donors (Lipinski definition) is 1. The summed E-state index contributed by atoms with van der Waals surface area (Å²) in [5.41, 5.74) is 2.55. The van der Waals surface area contributed by atoms with Gasteiger partial charge in [-0.1, -0.05) is 19.9 Å². The van der Waals surface area contributed by atoms with Crippen LogP contribution in [0, 0.1) is 16.4 Å². The topological polar surface area (TPSA) is 12.0 Å². The third kappa shape index (κ3) is 3.26. The Morgan fingerprint density at radius 3 is 2.56 bits per heavy atom. The molecule has 0 radical (unpaired) electrons. The van der Waals surface area contributed by atoms with Crippen molar-refractivity contribution in [3.8, 4) is 0 Å². The van der Waals surface area contributed by atoms with Crippen LogP contribution in [0.1, 0.15) is 30.3 Å². The van der Waals surface area contributed by atoms with E-state index in [1.165, 1.54) is 19.7 Å². The van der Waals surface area contributed by atoms with Gasteiger partial charge in [-0.2, -0.15) is 0 Å². The third-order valence-corrected chi connectivity index (χ3v) is 4.64. The fourth-order valence-corrected chi connectivity index (χ4v) is 3.59. The van der Waals surface area contributed by atoms with Gasteiger partial charge in [0.15, 0.2) is 0 Å². The van der Waals surface area contributed by atoms with Crippen LogP contribution in [0.4, 0.5) is 5.69 Å². The molecule has 0 saturated carbocycles. The number of thiophene rings is 1. The van der Waals surface area contributed by atoms with Gasteiger partial charge in [-0.15, -0.1) is 11.3 Å². The summed E-state index contributed by atoms with van der Waals surface area (Å²) in [6.45, 7) is 6.69. The molecule has 0 bridgehead atoms. The van der Waals surface area contributed by atoms with Gasteiger partial charge in [0.1, 0.15) is 0 Å². The lowest BCUT2D eigenvalue weighted by molar-refractivity contribution is 0.553. The molecule has 0 fully saturated rings. The van der Waals surface area contributed by atoms with E-state index in [9.17, 15) is 0 Å². The number of hydrogen-bond acceptors (Lipinski definition) is 2. The minimum atomic E-state index is 0.392. The zero-order chi connectivity index (χ0) is 13.1. The summed E-state index contributed by atoms with van der Waals surface area (Å²) in [4.78, 5) is 1.41. The van der Waals surface area contributed by atoms with E-state index in [2.05, 4.69) is 84.4 Å². The first-order valence-corrected chi connectivity index (χ1v) is 8.10. The first-order chi connectivity index (χ1) is 8.58. The van der Waals surface area contributed by atoms with Crippen LogP contribution in [-0.2, 0) is 0 Å². The zero-order valence-corrected chi connectivity index (χ0v) is 13.9. The van der Waals surface area contributed by atoms with Crippen molar-refractivity contribution in [2.75, 3.05) is 5.32 Å². The summed E-state index contributed by atoms with van der Waals surface area (Å²) < 4.78 is 1.29. The van der Waals surface area contributed by atoms with E-state index in [0.717, 1.165) is 0 Å². The van der Waals surface area contributed by atoms with Crippen LogP contribution in [0.3, 0.4) is 0 Å². The lowest BCUT2D eigenvalue weighted by Crippen LogP contribution is -2.16. The van der Waals surface area contributed by atoms with Gasteiger partial charge in [0.25, 0.3) is 0 Å². The Morgan fingerprint density at radius 1 is 1.22 bits per heavy atom. The highest BCUT2D eigenvalue weighted by Crippen LogP contribution is 2.31. The Kier molecular flexibility index (Phi) is 4.67. The van der Waals surface area contributed by atoms with E-state index in [1.54, 1.807) is 0 Å². The van der Waals surface area contributed by atoms with Gasteiger partial charge in [-0.05, 0) is 70.6 Å². The summed E-state index contributed by atoms with van der Waals surface area (Å²) in [6.07, 6.45) is 0. The molecule has 18 heavy (non-hydrogen) atoms. The molecule has 0 aliphatic rings. The molecule has 96 valence electrons. The highest BCUT2D eigenvalue weighted by molar-refractivity contribution is 14.1. The van der Waals surface area contributed by atoms with E-state index in [4.69, 9.17) is 0 Å². The first kappa shape index (κ1) is 13.9. The summed E-state index contributed by atoms with van der Waals surface area (Å²) in [5.74, 6) is 0.572. The van der Waals surface area contributed by atoms with Gasteiger partial charge >= 0.3 is 0 Å². The molecule has 0 spiro atoms. The van der Waals surface area contributed by atoms with E-state index < -0.39 is 0 Å². The predicted octanol–water partition coefficient (Wildman–Crippen LogP) is 5.47. The summed E-state index contributed by atoms with van der Waals surface area (Å²) in [6, 6.07) is 11.3. The van der Waals surface area contributed by atoms with Crippen molar-refractivity contribution >= 4 is 39.6 Å². The second kappa shape index (κ2) is 6.06. The Bertz CT molecular complexity index is 505. The molecule has 0 aliphatic carbocycles. The Balaban J connectivity index is 2.24. The lowest BCUT2D eigenvalue weighted by Gasteiger charge is -2.23. The number of benzene rings is 1. The molecule has 2 rings (SSSR count). The minimum Gasteiger partial charge on any atom is -0.377 e. The van der Waals surface area contributed by atoms with Gasteiger partial charge in [-0.3, -0.25) is 0 Å². The van der Waals surface area contributed by atoms with Crippen LogP contribution in [0.2, 0.25) is 0 Å². The maximum atomic E-state index is 3.68. The average molecular weight is 371 g/mol. The maximum absolute atomic E-state index is 3.68. The van der Waals surface area contributed by atoms with Crippen LogP contribution >= 0.6 is 33.9 Å². The van der Waals surface area contributed by atoms with Crippen LogP contribution in [-0.4, -0.2) is 0 Å². The molecule has 2 aromatic rings. The normalized spacial score (nSPS) is 12.7. The van der Waals surface area contributed by atoms with Gasteiger partial charge in [0.05, 0.1) is 6.04 Å². The lowest BCUT2D eigenvalue weighted by atomic mass is 10.0. The Labute approximate surface area is 127 Å². The number of anilines is 1. The summed E-state index contributed by atoms with van der Waals surface area (Å²) >= 11 is 4.18. The molecule has 1 atom stereocenters. The molecular formula is C15H18INS. The van der Waals surface area contributed by atoms with Crippen molar-refractivity contribution < 1.29 is 0 Å². The Morgan fingerprint density at radius 2 is 2.00 bits per heavy atom. The molecular weight excluding hydrogens is 353 g/mol. The van der Waals surface area contributed by atoms with Crippen LogP contribution in [0.25, 0.3) is 0 Å². The highest BCUT2D eigenvalue weighted by Gasteiger charge is 2.17. The Hall–Kier alpha value is -0.550. The van der Waals surface area contributed by atoms with Crippen molar-refractivity contribution in [2.45, 2.75) is 26.8 Å². The number of aryl methyl sites for hydroxylation is 1. The largest absolute Gasteiger partial charge is 0.377 e. The fraction of sp³-hybridized carbons (Fsp3) is 0.333. The standard InChI is InChI=1S/C15H18INS/c1-10(2)15(14-5-4-8-18-14)17-13-7-6-12(16)9-11(13)3/h4-10,15,17H,1-3H3. The number of nitrogens with one attached hydrogen (secondary N) is 1. The minimum absolute atomic E-state index is 0.392. The van der Waals surface area contributed by atoms with E-state index in [-0.39, 0.29) is 0 Å². The van der Waals surface area contributed by atoms with Gasteiger partial charge in [0, 0.05) is 14.1 Å². The average Bonchev–Trinajstić information content (AvgIpc) is 2.80.